The van der Waals surface area contributed by atoms with Crippen LogP contribution in [0.2, 0.25) is 0 Å². The van der Waals surface area contributed by atoms with E-state index in [-0.39, 0.29) is 5.56 Å². The van der Waals surface area contributed by atoms with Crippen molar-refractivity contribution < 1.29 is 4.74 Å². The third-order valence-corrected chi connectivity index (χ3v) is 3.28. The van der Waals surface area contributed by atoms with E-state index in [1.54, 1.807) is 24.5 Å². The fourth-order valence-corrected chi connectivity index (χ4v) is 2.21. The molecule has 0 spiro atoms. The largest absolute Gasteiger partial charge is 0.378 e. The van der Waals surface area contributed by atoms with Crippen molar-refractivity contribution in [2.75, 3.05) is 31.2 Å². The molecule has 7 nitrogen and oxygen atoms in total. The fourth-order valence-electron chi connectivity index (χ4n) is 2.21. The van der Waals surface area contributed by atoms with Crippen LogP contribution < -0.4 is 10.5 Å². The van der Waals surface area contributed by atoms with E-state index in [1.807, 2.05) is 11.0 Å². The minimum atomic E-state index is -0.430. The maximum atomic E-state index is 12.1. The van der Waals surface area contributed by atoms with Gasteiger partial charge in [-0.3, -0.25) is 14.8 Å². The van der Waals surface area contributed by atoms with Crippen LogP contribution in [0.1, 0.15) is 5.56 Å². The van der Waals surface area contributed by atoms with Gasteiger partial charge in [0.25, 0.3) is 5.56 Å². The van der Waals surface area contributed by atoms with Crippen LogP contribution in [0, 0.1) is 11.3 Å². The average Bonchev–Trinajstić information content (AvgIpc) is 2.55. The second-order valence-electron chi connectivity index (χ2n) is 4.56. The van der Waals surface area contributed by atoms with Gasteiger partial charge in [-0.1, -0.05) is 0 Å². The summed E-state index contributed by atoms with van der Waals surface area (Å²) in [6.45, 7) is 2.50. The van der Waals surface area contributed by atoms with Crippen molar-refractivity contribution in [3.05, 3.63) is 40.4 Å². The van der Waals surface area contributed by atoms with Crippen molar-refractivity contribution in [2.24, 2.45) is 0 Å². The number of rotatable bonds is 2. The molecule has 0 unspecified atom stereocenters. The zero-order chi connectivity index (χ0) is 14.7. The van der Waals surface area contributed by atoms with Gasteiger partial charge in [0.15, 0.2) is 0 Å². The number of nitriles is 1. The van der Waals surface area contributed by atoms with Gasteiger partial charge in [0, 0.05) is 31.0 Å². The summed E-state index contributed by atoms with van der Waals surface area (Å²) in [4.78, 5) is 25.1. The first kappa shape index (κ1) is 13.3. The van der Waals surface area contributed by atoms with Crippen LogP contribution in [0.25, 0.3) is 11.3 Å². The van der Waals surface area contributed by atoms with E-state index >= 15 is 0 Å². The van der Waals surface area contributed by atoms with Gasteiger partial charge in [0.2, 0.25) is 5.95 Å². The number of nitrogens with one attached hydrogen (secondary N) is 1. The smallest absolute Gasteiger partial charge is 0.270 e. The second kappa shape index (κ2) is 5.73. The molecule has 0 aliphatic carbocycles. The standard InChI is InChI=1S/C14H13N5O2/c15-9-11-12(10-1-3-16-4-2-10)17-14(18-13(11)20)19-5-7-21-8-6-19/h1-4H,5-8H2,(H,17,18,20). The fraction of sp³-hybridized carbons (Fsp3) is 0.286. The van der Waals surface area contributed by atoms with Crippen molar-refractivity contribution in [1.29, 1.82) is 5.26 Å². The van der Waals surface area contributed by atoms with Crippen LogP contribution in [0.15, 0.2) is 29.3 Å². The van der Waals surface area contributed by atoms with Crippen molar-refractivity contribution in [3.8, 4) is 17.3 Å². The van der Waals surface area contributed by atoms with Gasteiger partial charge in [-0.25, -0.2) is 4.98 Å². The van der Waals surface area contributed by atoms with Crippen LogP contribution in [0.5, 0.6) is 0 Å². The summed E-state index contributed by atoms with van der Waals surface area (Å²) in [7, 11) is 0. The number of nitrogens with zero attached hydrogens (tertiary/aromatic N) is 4. The monoisotopic (exact) mass is 283 g/mol. The van der Waals surface area contributed by atoms with E-state index in [0.717, 1.165) is 0 Å². The predicted octanol–water partition coefficient (Wildman–Crippen LogP) is 0.540. The highest BCUT2D eigenvalue weighted by molar-refractivity contribution is 5.66. The zero-order valence-corrected chi connectivity index (χ0v) is 11.2. The first-order valence-electron chi connectivity index (χ1n) is 6.57. The topological polar surface area (TPSA) is 94.9 Å². The van der Waals surface area contributed by atoms with Crippen molar-refractivity contribution >= 4 is 5.95 Å². The van der Waals surface area contributed by atoms with E-state index < -0.39 is 5.56 Å². The number of H-pyrrole nitrogens is 1. The highest BCUT2D eigenvalue weighted by Crippen LogP contribution is 2.20. The molecule has 1 saturated heterocycles. The Labute approximate surface area is 120 Å². The minimum Gasteiger partial charge on any atom is -0.378 e. The molecule has 0 atom stereocenters. The lowest BCUT2D eigenvalue weighted by Gasteiger charge is -2.27. The quantitative estimate of drug-likeness (QED) is 0.864. The predicted molar refractivity (Wildman–Crippen MR) is 75.8 cm³/mol. The van der Waals surface area contributed by atoms with Crippen LogP contribution in [0.4, 0.5) is 5.95 Å². The van der Waals surface area contributed by atoms with Gasteiger partial charge < -0.3 is 9.64 Å². The summed E-state index contributed by atoms with van der Waals surface area (Å²) in [6, 6.07) is 5.38. The number of pyridine rings is 1. The number of aromatic nitrogens is 3. The van der Waals surface area contributed by atoms with E-state index in [9.17, 15) is 10.1 Å². The summed E-state index contributed by atoms with van der Waals surface area (Å²) < 4.78 is 5.29. The maximum absolute atomic E-state index is 12.1. The lowest BCUT2D eigenvalue weighted by atomic mass is 10.1. The Morgan fingerprint density at radius 1 is 1.29 bits per heavy atom. The number of hydrogen-bond acceptors (Lipinski definition) is 6. The van der Waals surface area contributed by atoms with Gasteiger partial charge in [0.1, 0.15) is 11.6 Å². The second-order valence-corrected chi connectivity index (χ2v) is 4.56. The molecule has 0 saturated carbocycles. The van der Waals surface area contributed by atoms with E-state index in [4.69, 9.17) is 4.74 Å². The Kier molecular flexibility index (Phi) is 3.62. The normalized spacial score (nSPS) is 14.7. The molecule has 0 radical (unpaired) electrons. The summed E-state index contributed by atoms with van der Waals surface area (Å²) in [5.41, 5.74) is 0.659. The van der Waals surface area contributed by atoms with Crippen molar-refractivity contribution in [2.45, 2.75) is 0 Å². The summed E-state index contributed by atoms with van der Waals surface area (Å²) in [5, 5.41) is 9.20. The van der Waals surface area contributed by atoms with E-state index in [0.29, 0.717) is 43.5 Å². The van der Waals surface area contributed by atoms with Gasteiger partial charge in [-0.15, -0.1) is 0 Å². The molecule has 21 heavy (non-hydrogen) atoms. The molecule has 106 valence electrons. The first-order chi connectivity index (χ1) is 10.3. The number of anilines is 1. The Balaban J connectivity index is 2.11. The Morgan fingerprint density at radius 2 is 2.00 bits per heavy atom. The lowest BCUT2D eigenvalue weighted by Crippen LogP contribution is -2.38. The molecule has 0 amide bonds. The molecule has 2 aromatic rings. The van der Waals surface area contributed by atoms with Crippen LogP contribution in [-0.2, 0) is 4.74 Å². The summed E-state index contributed by atoms with van der Waals surface area (Å²) in [5.74, 6) is 0.467. The van der Waals surface area contributed by atoms with Gasteiger partial charge in [-0.05, 0) is 12.1 Å². The molecule has 7 heteroatoms. The molecular weight excluding hydrogens is 270 g/mol. The van der Waals surface area contributed by atoms with Crippen molar-refractivity contribution in [3.63, 3.8) is 0 Å². The number of ether oxygens (including phenoxy) is 1. The third-order valence-electron chi connectivity index (χ3n) is 3.28. The highest BCUT2D eigenvalue weighted by Gasteiger charge is 2.18. The molecule has 3 rings (SSSR count). The Morgan fingerprint density at radius 3 is 2.67 bits per heavy atom. The molecule has 1 aliphatic rings. The number of morpholine rings is 1. The molecule has 1 N–H and O–H groups in total. The van der Waals surface area contributed by atoms with E-state index in [2.05, 4.69) is 15.0 Å². The van der Waals surface area contributed by atoms with Gasteiger partial charge in [0.05, 0.1) is 18.9 Å². The molecule has 2 aromatic heterocycles. The lowest BCUT2D eigenvalue weighted by molar-refractivity contribution is 0.122. The first-order valence-corrected chi connectivity index (χ1v) is 6.57. The molecule has 1 fully saturated rings. The van der Waals surface area contributed by atoms with Gasteiger partial charge in [-0.2, -0.15) is 5.26 Å². The molecular formula is C14H13N5O2. The SMILES string of the molecule is N#Cc1c(-c2ccncc2)nc(N2CCOCC2)[nH]c1=O. The van der Waals surface area contributed by atoms with Crippen molar-refractivity contribution in [1.82, 2.24) is 15.0 Å². The zero-order valence-electron chi connectivity index (χ0n) is 11.2. The third kappa shape index (κ3) is 2.61. The number of hydrogen-bond donors (Lipinski definition) is 1. The van der Waals surface area contributed by atoms with Crippen LogP contribution in [-0.4, -0.2) is 41.3 Å². The van der Waals surface area contributed by atoms with Gasteiger partial charge >= 0.3 is 0 Å². The molecule has 0 aromatic carbocycles. The molecule has 3 heterocycles. The highest BCUT2D eigenvalue weighted by atomic mass is 16.5. The molecule has 1 aliphatic heterocycles. The number of aromatic amines is 1. The maximum Gasteiger partial charge on any atom is 0.270 e. The minimum absolute atomic E-state index is 0.0122. The Hall–Kier alpha value is -2.72. The van der Waals surface area contributed by atoms with Crippen LogP contribution in [0.3, 0.4) is 0 Å². The van der Waals surface area contributed by atoms with Crippen LogP contribution >= 0.6 is 0 Å². The Bertz CT molecular complexity index is 729. The summed E-state index contributed by atoms with van der Waals surface area (Å²) >= 11 is 0. The summed E-state index contributed by atoms with van der Waals surface area (Å²) in [6.07, 6.45) is 3.21. The average molecular weight is 283 g/mol. The molecule has 0 bridgehead atoms. The van der Waals surface area contributed by atoms with E-state index in [1.165, 1.54) is 0 Å².